The molecule has 6 heteroatoms. The Balaban J connectivity index is 1.10. The standard InChI is InChI=1S/C29H33FN4O/c30-25-10-8-24(9-11-25)28-7-4-16-34(28)22-29(35)31-26-12-14-27(15-13-26)33-19-17-32(18-20-33)21-23-5-2-1-3-6-23/h1-3,5-6,8-15,28H,4,7,16-22H2,(H,31,35). The molecule has 0 bridgehead atoms. The number of anilines is 2. The maximum absolute atomic E-state index is 13.3. The summed E-state index contributed by atoms with van der Waals surface area (Å²) in [4.78, 5) is 19.8. The number of rotatable bonds is 7. The number of likely N-dealkylation sites (tertiary alicyclic amines) is 1. The van der Waals surface area contributed by atoms with Crippen LogP contribution in [0.1, 0.15) is 30.0 Å². The van der Waals surface area contributed by atoms with Crippen molar-refractivity contribution in [2.75, 3.05) is 49.5 Å². The van der Waals surface area contributed by atoms with Gasteiger partial charge in [0.05, 0.1) is 6.54 Å². The van der Waals surface area contributed by atoms with E-state index in [0.717, 1.165) is 63.4 Å². The number of piperazine rings is 1. The first kappa shape index (κ1) is 23.5. The lowest BCUT2D eigenvalue weighted by atomic mass is 10.0. The Morgan fingerprint density at radius 1 is 0.857 bits per heavy atom. The van der Waals surface area contributed by atoms with Crippen molar-refractivity contribution in [1.29, 1.82) is 0 Å². The third-order valence-electron chi connectivity index (χ3n) is 7.10. The van der Waals surface area contributed by atoms with Crippen LogP contribution in [-0.2, 0) is 11.3 Å². The molecule has 2 aliphatic heterocycles. The Kier molecular flexibility index (Phi) is 7.40. The van der Waals surface area contributed by atoms with Gasteiger partial charge in [-0.15, -0.1) is 0 Å². The molecule has 1 amide bonds. The molecular weight excluding hydrogens is 439 g/mol. The number of nitrogens with zero attached hydrogens (tertiary/aromatic N) is 3. The molecule has 0 spiro atoms. The lowest BCUT2D eigenvalue weighted by molar-refractivity contribution is -0.117. The molecule has 5 rings (SSSR count). The van der Waals surface area contributed by atoms with Crippen molar-refractivity contribution in [2.24, 2.45) is 0 Å². The molecular formula is C29H33FN4O. The van der Waals surface area contributed by atoms with Gasteiger partial charge in [-0.3, -0.25) is 14.6 Å². The third kappa shape index (κ3) is 6.08. The molecule has 2 heterocycles. The highest BCUT2D eigenvalue weighted by Gasteiger charge is 2.27. The van der Waals surface area contributed by atoms with E-state index in [2.05, 4.69) is 62.5 Å². The van der Waals surface area contributed by atoms with Crippen LogP contribution in [0.15, 0.2) is 78.9 Å². The van der Waals surface area contributed by atoms with Crippen molar-refractivity contribution in [2.45, 2.75) is 25.4 Å². The monoisotopic (exact) mass is 472 g/mol. The SMILES string of the molecule is O=C(CN1CCCC1c1ccc(F)cc1)Nc1ccc(N2CCN(Cc3ccccc3)CC2)cc1. The molecule has 2 fully saturated rings. The average molecular weight is 473 g/mol. The van der Waals surface area contributed by atoms with E-state index in [1.165, 1.54) is 23.4 Å². The zero-order valence-electron chi connectivity index (χ0n) is 20.1. The zero-order chi connectivity index (χ0) is 24.0. The van der Waals surface area contributed by atoms with Gasteiger partial charge in [0.1, 0.15) is 5.82 Å². The molecule has 35 heavy (non-hydrogen) atoms. The van der Waals surface area contributed by atoms with Crippen LogP contribution in [0, 0.1) is 5.82 Å². The average Bonchev–Trinajstić information content (AvgIpc) is 3.34. The number of carbonyl (C=O) groups excluding carboxylic acids is 1. The summed E-state index contributed by atoms with van der Waals surface area (Å²) in [6.45, 7) is 6.30. The first-order valence-electron chi connectivity index (χ1n) is 12.5. The quantitative estimate of drug-likeness (QED) is 0.530. The minimum atomic E-state index is -0.228. The van der Waals surface area contributed by atoms with E-state index >= 15 is 0 Å². The summed E-state index contributed by atoms with van der Waals surface area (Å²) in [6, 6.07) is 25.6. The van der Waals surface area contributed by atoms with E-state index in [4.69, 9.17) is 0 Å². The minimum Gasteiger partial charge on any atom is -0.369 e. The van der Waals surface area contributed by atoms with Crippen molar-refractivity contribution >= 4 is 17.3 Å². The van der Waals surface area contributed by atoms with Gasteiger partial charge < -0.3 is 10.2 Å². The largest absolute Gasteiger partial charge is 0.369 e. The first-order chi connectivity index (χ1) is 17.1. The fourth-order valence-corrected chi connectivity index (χ4v) is 5.22. The van der Waals surface area contributed by atoms with Gasteiger partial charge in [0.15, 0.2) is 0 Å². The van der Waals surface area contributed by atoms with E-state index < -0.39 is 0 Å². The minimum absolute atomic E-state index is 0.0127. The highest BCUT2D eigenvalue weighted by Crippen LogP contribution is 2.31. The summed E-state index contributed by atoms with van der Waals surface area (Å²) in [5.41, 5.74) is 4.45. The van der Waals surface area contributed by atoms with Crippen molar-refractivity contribution < 1.29 is 9.18 Å². The molecule has 5 nitrogen and oxygen atoms in total. The van der Waals surface area contributed by atoms with Crippen molar-refractivity contribution in [3.05, 3.63) is 95.8 Å². The Morgan fingerprint density at radius 2 is 1.57 bits per heavy atom. The number of carbonyl (C=O) groups is 1. The van der Waals surface area contributed by atoms with E-state index in [0.29, 0.717) is 6.54 Å². The summed E-state index contributed by atoms with van der Waals surface area (Å²) in [5, 5.41) is 3.05. The van der Waals surface area contributed by atoms with Crippen LogP contribution in [0.2, 0.25) is 0 Å². The number of hydrogen-bond acceptors (Lipinski definition) is 4. The van der Waals surface area contributed by atoms with Crippen LogP contribution in [0.3, 0.4) is 0 Å². The molecule has 1 atom stereocenters. The van der Waals surface area contributed by atoms with Crippen molar-refractivity contribution in [1.82, 2.24) is 9.80 Å². The molecule has 3 aromatic rings. The lowest BCUT2D eigenvalue weighted by Crippen LogP contribution is -2.45. The van der Waals surface area contributed by atoms with Gasteiger partial charge >= 0.3 is 0 Å². The fraction of sp³-hybridized carbons (Fsp3) is 0.345. The van der Waals surface area contributed by atoms with Gasteiger partial charge in [-0.05, 0) is 66.9 Å². The molecule has 0 aromatic heterocycles. The number of hydrogen-bond donors (Lipinski definition) is 1. The predicted octanol–water partition coefficient (Wildman–Crippen LogP) is 4.92. The highest BCUT2D eigenvalue weighted by molar-refractivity contribution is 5.92. The van der Waals surface area contributed by atoms with Crippen LogP contribution in [0.4, 0.5) is 15.8 Å². The fourth-order valence-electron chi connectivity index (χ4n) is 5.22. The number of nitrogens with one attached hydrogen (secondary N) is 1. The molecule has 3 aromatic carbocycles. The zero-order valence-corrected chi connectivity index (χ0v) is 20.1. The summed E-state index contributed by atoms with van der Waals surface area (Å²) in [5.74, 6) is -0.241. The normalized spacial score (nSPS) is 19.1. The number of benzene rings is 3. The predicted molar refractivity (Wildman–Crippen MR) is 139 cm³/mol. The maximum Gasteiger partial charge on any atom is 0.238 e. The van der Waals surface area contributed by atoms with Gasteiger partial charge in [-0.2, -0.15) is 0 Å². The molecule has 182 valence electrons. The van der Waals surface area contributed by atoms with Gasteiger partial charge in [0, 0.05) is 50.1 Å². The molecule has 2 aliphatic rings. The Hall–Kier alpha value is -3.22. The van der Waals surface area contributed by atoms with Gasteiger partial charge in [0.25, 0.3) is 0 Å². The second-order valence-electron chi connectivity index (χ2n) is 9.52. The summed E-state index contributed by atoms with van der Waals surface area (Å²) in [7, 11) is 0. The van der Waals surface area contributed by atoms with E-state index in [1.54, 1.807) is 0 Å². The summed E-state index contributed by atoms with van der Waals surface area (Å²) < 4.78 is 13.3. The van der Waals surface area contributed by atoms with Crippen LogP contribution >= 0.6 is 0 Å². The number of halogens is 1. The van der Waals surface area contributed by atoms with Crippen LogP contribution < -0.4 is 10.2 Å². The Morgan fingerprint density at radius 3 is 2.29 bits per heavy atom. The maximum atomic E-state index is 13.3. The summed E-state index contributed by atoms with van der Waals surface area (Å²) >= 11 is 0. The van der Waals surface area contributed by atoms with E-state index in [-0.39, 0.29) is 17.8 Å². The molecule has 1 N–H and O–H groups in total. The lowest BCUT2D eigenvalue weighted by Gasteiger charge is -2.36. The molecule has 0 aliphatic carbocycles. The molecule has 0 radical (unpaired) electrons. The molecule has 1 unspecified atom stereocenters. The topological polar surface area (TPSA) is 38.8 Å². The second-order valence-corrected chi connectivity index (χ2v) is 9.52. The van der Waals surface area contributed by atoms with Crippen LogP contribution in [0.25, 0.3) is 0 Å². The highest BCUT2D eigenvalue weighted by atomic mass is 19.1. The van der Waals surface area contributed by atoms with Gasteiger partial charge in [-0.25, -0.2) is 4.39 Å². The van der Waals surface area contributed by atoms with Crippen LogP contribution in [0.5, 0.6) is 0 Å². The van der Waals surface area contributed by atoms with E-state index in [9.17, 15) is 9.18 Å². The van der Waals surface area contributed by atoms with Gasteiger partial charge in [-0.1, -0.05) is 42.5 Å². The van der Waals surface area contributed by atoms with Crippen LogP contribution in [-0.4, -0.2) is 55.0 Å². The number of amides is 1. The van der Waals surface area contributed by atoms with E-state index in [1.807, 2.05) is 24.3 Å². The molecule has 2 saturated heterocycles. The van der Waals surface area contributed by atoms with Crippen molar-refractivity contribution in [3.63, 3.8) is 0 Å². The second kappa shape index (κ2) is 11.0. The first-order valence-corrected chi connectivity index (χ1v) is 12.5. The third-order valence-corrected chi connectivity index (χ3v) is 7.10. The van der Waals surface area contributed by atoms with Crippen molar-refractivity contribution in [3.8, 4) is 0 Å². The van der Waals surface area contributed by atoms with Gasteiger partial charge in [0.2, 0.25) is 5.91 Å². The Labute approximate surface area is 207 Å². The summed E-state index contributed by atoms with van der Waals surface area (Å²) in [6.07, 6.45) is 2.04. The molecule has 0 saturated carbocycles. The Bertz CT molecular complexity index is 1100. The smallest absolute Gasteiger partial charge is 0.238 e.